The van der Waals surface area contributed by atoms with Crippen molar-refractivity contribution in [3.63, 3.8) is 0 Å². The van der Waals surface area contributed by atoms with E-state index in [0.29, 0.717) is 0 Å². The lowest BCUT2D eigenvalue weighted by Gasteiger charge is -2.30. The zero-order valence-corrected chi connectivity index (χ0v) is 54.5. The van der Waals surface area contributed by atoms with E-state index in [2.05, 4.69) is 203 Å². The van der Waals surface area contributed by atoms with Crippen molar-refractivity contribution in [3.05, 3.63) is 278 Å². The quantitative estimate of drug-likeness (QED) is 0.0611. The van der Waals surface area contributed by atoms with Crippen LogP contribution in [0.1, 0.15) is 11.1 Å². The van der Waals surface area contributed by atoms with Gasteiger partial charge in [-0.3, -0.25) is 0 Å². The predicted molar refractivity (Wildman–Crippen MR) is 383 cm³/mol. The molecule has 0 fully saturated rings. The van der Waals surface area contributed by atoms with E-state index < -0.39 is 0 Å². The summed E-state index contributed by atoms with van der Waals surface area (Å²) in [6, 6.07) is 92.5. The average Bonchev–Trinajstić information content (AvgIpc) is 0.770. The van der Waals surface area contributed by atoms with E-state index in [1.807, 2.05) is 97.1 Å². The highest BCUT2D eigenvalue weighted by Crippen LogP contribution is 2.50. The van der Waals surface area contributed by atoms with Crippen LogP contribution in [-0.2, 0) is 0 Å². The number of nitrogens with zero attached hydrogens (tertiary/aromatic N) is 4. The maximum atomic E-state index is 5.72. The second-order valence-electron chi connectivity index (χ2n) is 22.4. The summed E-state index contributed by atoms with van der Waals surface area (Å²) in [6.45, 7) is 4.40. The fourth-order valence-corrected chi connectivity index (χ4v) is 12.1. The van der Waals surface area contributed by atoms with Gasteiger partial charge in [0, 0.05) is 68.2 Å². The molecule has 0 N–H and O–H groups in total. The molecule has 0 atom stereocenters. The zero-order valence-electron chi connectivity index (χ0n) is 54.5. The molecule has 0 saturated heterocycles. The van der Waals surface area contributed by atoms with Gasteiger partial charge in [0.25, 0.3) is 0 Å². The van der Waals surface area contributed by atoms with Crippen LogP contribution < -0.4 is 57.5 Å². The van der Waals surface area contributed by atoms with Gasteiger partial charge in [-0.05, 0) is 301 Å². The van der Waals surface area contributed by atoms with Crippen molar-refractivity contribution in [1.82, 2.24) is 0 Å². The summed E-state index contributed by atoms with van der Waals surface area (Å²) in [5.41, 5.74) is 19.7. The molecule has 0 aromatic heterocycles. The second-order valence-corrected chi connectivity index (χ2v) is 22.4. The predicted octanol–water partition coefficient (Wildman–Crippen LogP) is 21.3. The van der Waals surface area contributed by atoms with Crippen LogP contribution >= 0.6 is 0 Å². The van der Waals surface area contributed by atoms with Crippen molar-refractivity contribution in [1.29, 1.82) is 0 Å². The van der Waals surface area contributed by atoms with E-state index in [-0.39, 0.29) is 0 Å². The Morgan fingerprint density at radius 3 is 0.468 bits per heavy atom. The second kappa shape index (κ2) is 28.2. The molecule has 12 aromatic rings. The van der Waals surface area contributed by atoms with Crippen LogP contribution in [0.3, 0.4) is 0 Å². The topological polar surface area (TPSA) is 86.8 Å². The number of ether oxygens (including phenoxy) is 8. The lowest BCUT2D eigenvalue weighted by atomic mass is 9.86. The number of hydrogen-bond donors (Lipinski definition) is 0. The van der Waals surface area contributed by atoms with Crippen LogP contribution in [0.25, 0.3) is 33.4 Å². The van der Waals surface area contributed by atoms with Gasteiger partial charge < -0.3 is 57.5 Å². The molecule has 0 radical (unpaired) electrons. The summed E-state index contributed by atoms with van der Waals surface area (Å²) in [4.78, 5) is 9.07. The van der Waals surface area contributed by atoms with E-state index in [1.165, 1.54) is 0 Å². The molecule has 0 spiro atoms. The molecule has 0 amide bonds. The first kappa shape index (κ1) is 62.4. The molecule has 0 aliphatic rings. The van der Waals surface area contributed by atoms with Gasteiger partial charge in [-0.15, -0.1) is 0 Å². The normalized spacial score (nSPS) is 10.9. The summed E-state index contributed by atoms with van der Waals surface area (Å²) < 4.78 is 45.4. The molecule has 94 heavy (non-hydrogen) atoms. The minimum atomic E-state index is 0.753. The minimum absolute atomic E-state index is 0.753. The smallest absolute Gasteiger partial charge is 0.119 e. The molecule has 12 nitrogen and oxygen atoms in total. The molecule has 12 heteroatoms. The van der Waals surface area contributed by atoms with E-state index in [1.54, 1.807) is 56.9 Å². The Bertz CT molecular complexity index is 4040. The van der Waals surface area contributed by atoms with Gasteiger partial charge in [-0.2, -0.15) is 0 Å². The fourth-order valence-electron chi connectivity index (χ4n) is 12.1. The lowest BCUT2D eigenvalue weighted by molar-refractivity contribution is 0.414. The molecular weight excluding hydrogens is 1170 g/mol. The Kier molecular flexibility index (Phi) is 18.7. The van der Waals surface area contributed by atoms with E-state index in [0.717, 1.165) is 159 Å². The number of rotatable bonds is 23. The van der Waals surface area contributed by atoms with Gasteiger partial charge in [0.05, 0.1) is 56.9 Å². The Morgan fingerprint density at radius 1 is 0.160 bits per heavy atom. The first-order chi connectivity index (χ1) is 46.0. The van der Waals surface area contributed by atoms with Crippen LogP contribution in [0.2, 0.25) is 0 Å². The first-order valence-corrected chi connectivity index (χ1v) is 30.9. The van der Waals surface area contributed by atoms with Gasteiger partial charge in [0.1, 0.15) is 46.0 Å². The summed E-state index contributed by atoms with van der Waals surface area (Å²) in [6.07, 6.45) is 0. The summed E-state index contributed by atoms with van der Waals surface area (Å²) in [5.74, 6) is 6.10. The van der Waals surface area contributed by atoms with Gasteiger partial charge in [0.2, 0.25) is 0 Å². The average molecular weight is 1240 g/mol. The third-order valence-electron chi connectivity index (χ3n) is 17.0. The summed E-state index contributed by atoms with van der Waals surface area (Å²) in [7, 11) is 13.5. The molecule has 0 aliphatic heterocycles. The Hall–Kier alpha value is -11.8. The van der Waals surface area contributed by atoms with Gasteiger partial charge in [0.15, 0.2) is 0 Å². The van der Waals surface area contributed by atoms with Crippen molar-refractivity contribution < 1.29 is 37.9 Å². The lowest BCUT2D eigenvalue weighted by Crippen LogP contribution is -2.12. The van der Waals surface area contributed by atoms with Crippen LogP contribution in [-0.4, -0.2) is 56.9 Å². The van der Waals surface area contributed by atoms with E-state index >= 15 is 0 Å². The SMILES string of the molecule is COc1ccc(N(c2ccc(OC)cc2)c2ccc(-c3ccc(N(c4ccc(OC)cc4)c4ccc(OC)cc4)cc3-c3cc(N(c4ccc(OC)cc4)c4ccc(OC)cc4)ccc3-c3ccc(N(c4ccc(OC)cc4)c4ccc(OC)cc4)cc3C)c(C)c2)cc1. The Morgan fingerprint density at radius 2 is 0.309 bits per heavy atom. The highest BCUT2D eigenvalue weighted by molar-refractivity contribution is 5.99. The Labute approximate surface area is 551 Å². The van der Waals surface area contributed by atoms with Crippen molar-refractivity contribution in [2.45, 2.75) is 13.8 Å². The Balaban J connectivity index is 1.12. The molecule has 470 valence electrons. The standard InChI is InChI=1S/C82H74N4O8/c1-55-51-65(83(57-11-31-69(87-3)32-12-57)58-13-33-70(88-4)34-14-58)27-47-77(55)79-49-29-67(85(61-19-39-73(91-7)40-20-61)62-21-41-74(92-8)42-22-62)53-81(79)82-54-68(86(63-23-43-75(93-9)44-24-63)64-25-45-76(94-10)46-26-64)30-50-80(82)78-48-28-66(52-56(78)2)84(59-15-35-71(89-5)36-16-59)60-17-37-72(90-6)38-18-60/h11-54H,1-10H3. The largest absolute Gasteiger partial charge is 0.497 e. The number of aryl methyl sites for hydroxylation is 2. The molecule has 0 saturated carbocycles. The number of anilines is 12. The molecule has 0 heterocycles. The van der Waals surface area contributed by atoms with Crippen molar-refractivity contribution in [3.8, 4) is 79.4 Å². The van der Waals surface area contributed by atoms with E-state index in [4.69, 9.17) is 37.9 Å². The summed E-state index contributed by atoms with van der Waals surface area (Å²) in [5, 5.41) is 0. The molecule has 0 bridgehead atoms. The van der Waals surface area contributed by atoms with Crippen LogP contribution in [0.4, 0.5) is 68.2 Å². The number of hydrogen-bond acceptors (Lipinski definition) is 12. The van der Waals surface area contributed by atoms with Gasteiger partial charge >= 0.3 is 0 Å². The molecule has 0 aliphatic carbocycles. The van der Waals surface area contributed by atoms with Crippen molar-refractivity contribution in [2.24, 2.45) is 0 Å². The third-order valence-corrected chi connectivity index (χ3v) is 17.0. The zero-order chi connectivity index (χ0) is 65.2. The molecule has 0 unspecified atom stereocenters. The molecule has 12 rings (SSSR count). The highest BCUT2D eigenvalue weighted by atomic mass is 16.5. The molecule has 12 aromatic carbocycles. The third kappa shape index (κ3) is 13.1. The van der Waals surface area contributed by atoms with Gasteiger partial charge in [-0.25, -0.2) is 0 Å². The van der Waals surface area contributed by atoms with E-state index in [9.17, 15) is 0 Å². The van der Waals surface area contributed by atoms with Crippen LogP contribution in [0.5, 0.6) is 46.0 Å². The maximum Gasteiger partial charge on any atom is 0.119 e. The van der Waals surface area contributed by atoms with Crippen molar-refractivity contribution in [2.75, 3.05) is 76.5 Å². The fraction of sp³-hybridized carbons (Fsp3) is 0.122. The van der Waals surface area contributed by atoms with Crippen LogP contribution in [0.15, 0.2) is 267 Å². The monoisotopic (exact) mass is 1240 g/mol. The summed E-state index contributed by atoms with van der Waals surface area (Å²) >= 11 is 0. The number of methoxy groups -OCH3 is 8. The van der Waals surface area contributed by atoms with Crippen molar-refractivity contribution >= 4 is 68.2 Å². The first-order valence-electron chi connectivity index (χ1n) is 30.9. The maximum absolute atomic E-state index is 5.72. The van der Waals surface area contributed by atoms with Crippen LogP contribution in [0, 0.1) is 13.8 Å². The highest BCUT2D eigenvalue weighted by Gasteiger charge is 2.25. The minimum Gasteiger partial charge on any atom is -0.497 e. The number of benzene rings is 12. The van der Waals surface area contributed by atoms with Gasteiger partial charge in [-0.1, -0.05) is 24.3 Å². The molecular formula is C82H74N4O8.